The van der Waals surface area contributed by atoms with Crippen LogP contribution in [0.15, 0.2) is 66.7 Å². The number of methoxy groups -OCH3 is 2. The lowest BCUT2D eigenvalue weighted by Crippen LogP contribution is -2.13. The molecule has 0 heterocycles. The van der Waals surface area contributed by atoms with E-state index in [-0.39, 0.29) is 12.5 Å². The van der Waals surface area contributed by atoms with Crippen molar-refractivity contribution in [3.8, 4) is 17.2 Å². The lowest BCUT2D eigenvalue weighted by molar-refractivity contribution is 0.102. The zero-order chi connectivity index (χ0) is 19.9. The first-order valence-corrected chi connectivity index (χ1v) is 8.97. The number of hydrogen-bond acceptors (Lipinski definition) is 4. The van der Waals surface area contributed by atoms with Crippen LogP contribution in [0.5, 0.6) is 17.2 Å². The van der Waals surface area contributed by atoms with Gasteiger partial charge in [-0.25, -0.2) is 0 Å². The molecule has 6 heteroatoms. The first-order valence-electron chi connectivity index (χ1n) is 8.59. The molecule has 0 radical (unpaired) electrons. The molecule has 0 saturated heterocycles. The lowest BCUT2D eigenvalue weighted by Gasteiger charge is -2.13. The van der Waals surface area contributed by atoms with Gasteiger partial charge in [-0.15, -0.1) is 0 Å². The fraction of sp³-hybridized carbons (Fsp3) is 0.136. The van der Waals surface area contributed by atoms with Gasteiger partial charge in [0.1, 0.15) is 23.9 Å². The Labute approximate surface area is 168 Å². The zero-order valence-electron chi connectivity index (χ0n) is 15.6. The van der Waals surface area contributed by atoms with Crippen molar-refractivity contribution in [1.29, 1.82) is 0 Å². The summed E-state index contributed by atoms with van der Waals surface area (Å²) in [6.07, 6.45) is 0. The van der Waals surface area contributed by atoms with E-state index in [2.05, 4.69) is 5.32 Å². The van der Waals surface area contributed by atoms with E-state index in [0.717, 1.165) is 5.56 Å². The van der Waals surface area contributed by atoms with Crippen LogP contribution < -0.4 is 19.5 Å². The number of carbonyl (C=O) groups excluding carboxylic acids is 1. The Morgan fingerprint density at radius 2 is 1.71 bits per heavy atom. The molecule has 3 aromatic rings. The molecule has 3 rings (SSSR count). The molecule has 1 amide bonds. The maximum Gasteiger partial charge on any atom is 0.255 e. The first-order chi connectivity index (χ1) is 13.6. The topological polar surface area (TPSA) is 56.8 Å². The Hall–Kier alpha value is -3.18. The molecule has 0 fully saturated rings. The smallest absolute Gasteiger partial charge is 0.255 e. The number of ether oxygens (including phenoxy) is 3. The minimum Gasteiger partial charge on any atom is -0.497 e. The van der Waals surface area contributed by atoms with Gasteiger partial charge in [-0.1, -0.05) is 23.7 Å². The van der Waals surface area contributed by atoms with Gasteiger partial charge in [0, 0.05) is 27.9 Å². The summed E-state index contributed by atoms with van der Waals surface area (Å²) < 4.78 is 16.4. The van der Waals surface area contributed by atoms with E-state index in [1.54, 1.807) is 56.7 Å². The van der Waals surface area contributed by atoms with Crippen molar-refractivity contribution in [2.45, 2.75) is 6.61 Å². The molecular weight excluding hydrogens is 378 g/mol. The van der Waals surface area contributed by atoms with Crippen LogP contribution in [0.4, 0.5) is 5.69 Å². The van der Waals surface area contributed by atoms with Gasteiger partial charge in [-0.3, -0.25) is 4.79 Å². The van der Waals surface area contributed by atoms with Crippen molar-refractivity contribution in [1.82, 2.24) is 0 Å². The van der Waals surface area contributed by atoms with Crippen LogP contribution in [0.1, 0.15) is 15.9 Å². The molecular formula is C22H20ClNO4. The van der Waals surface area contributed by atoms with Gasteiger partial charge in [0.05, 0.1) is 14.2 Å². The second-order valence-electron chi connectivity index (χ2n) is 5.96. The van der Waals surface area contributed by atoms with Gasteiger partial charge < -0.3 is 19.5 Å². The van der Waals surface area contributed by atoms with Crippen LogP contribution >= 0.6 is 11.6 Å². The molecule has 5 nitrogen and oxygen atoms in total. The maximum absolute atomic E-state index is 12.6. The van der Waals surface area contributed by atoms with E-state index in [1.165, 1.54) is 0 Å². The highest BCUT2D eigenvalue weighted by atomic mass is 35.5. The molecule has 0 aliphatic heterocycles. The van der Waals surface area contributed by atoms with Crippen molar-refractivity contribution in [2.75, 3.05) is 19.5 Å². The van der Waals surface area contributed by atoms with E-state index in [4.69, 9.17) is 25.8 Å². The molecule has 0 unspecified atom stereocenters. The minimum atomic E-state index is -0.236. The van der Waals surface area contributed by atoms with Crippen molar-refractivity contribution >= 4 is 23.2 Å². The summed E-state index contributed by atoms with van der Waals surface area (Å²) in [4.78, 5) is 12.6. The monoisotopic (exact) mass is 397 g/mol. The van der Waals surface area contributed by atoms with E-state index in [9.17, 15) is 4.79 Å². The van der Waals surface area contributed by atoms with Crippen molar-refractivity contribution in [3.05, 3.63) is 82.9 Å². The standard InChI is InChI=1S/C22H20ClNO4/c1-26-19-7-4-6-18(13-19)24-22(25)15-9-10-21(27-2)16(11-15)14-28-20-8-3-5-17(23)12-20/h3-13H,14H2,1-2H3,(H,24,25). The molecule has 0 atom stereocenters. The Bertz CT molecular complexity index is 974. The van der Waals surface area contributed by atoms with Gasteiger partial charge in [0.15, 0.2) is 0 Å². The predicted molar refractivity (Wildman–Crippen MR) is 110 cm³/mol. The van der Waals surface area contributed by atoms with E-state index < -0.39 is 0 Å². The van der Waals surface area contributed by atoms with Crippen LogP contribution in [0.2, 0.25) is 5.02 Å². The second kappa shape index (κ2) is 9.15. The predicted octanol–water partition coefficient (Wildman–Crippen LogP) is 5.19. The average Bonchev–Trinajstić information content (AvgIpc) is 2.72. The highest BCUT2D eigenvalue weighted by molar-refractivity contribution is 6.30. The zero-order valence-corrected chi connectivity index (χ0v) is 16.3. The molecule has 28 heavy (non-hydrogen) atoms. The SMILES string of the molecule is COc1cccc(NC(=O)c2ccc(OC)c(COc3cccc(Cl)c3)c2)c1. The molecule has 0 spiro atoms. The Morgan fingerprint density at radius 1 is 0.929 bits per heavy atom. The molecule has 0 saturated carbocycles. The molecule has 1 N–H and O–H groups in total. The minimum absolute atomic E-state index is 0.236. The molecule has 0 aliphatic carbocycles. The third-order valence-corrected chi connectivity index (χ3v) is 4.30. The summed E-state index contributed by atoms with van der Waals surface area (Å²) in [5.74, 6) is 1.71. The first kappa shape index (κ1) is 19.6. The summed E-state index contributed by atoms with van der Waals surface area (Å²) in [5.41, 5.74) is 1.89. The number of rotatable bonds is 7. The van der Waals surface area contributed by atoms with Crippen LogP contribution in [0, 0.1) is 0 Å². The highest BCUT2D eigenvalue weighted by Crippen LogP contribution is 2.24. The number of carbonyl (C=O) groups is 1. The van der Waals surface area contributed by atoms with Crippen LogP contribution in [0.3, 0.4) is 0 Å². The van der Waals surface area contributed by atoms with Gasteiger partial charge in [0.2, 0.25) is 0 Å². The fourth-order valence-corrected chi connectivity index (χ4v) is 2.83. The summed E-state index contributed by atoms with van der Waals surface area (Å²) in [6.45, 7) is 0.240. The summed E-state index contributed by atoms with van der Waals surface area (Å²) in [7, 11) is 3.16. The lowest BCUT2D eigenvalue weighted by atomic mass is 10.1. The van der Waals surface area contributed by atoms with Crippen LogP contribution in [0.25, 0.3) is 0 Å². The van der Waals surface area contributed by atoms with Crippen LogP contribution in [-0.4, -0.2) is 20.1 Å². The number of hydrogen-bond donors (Lipinski definition) is 1. The van der Waals surface area contributed by atoms with Gasteiger partial charge in [-0.2, -0.15) is 0 Å². The van der Waals surface area contributed by atoms with Crippen molar-refractivity contribution < 1.29 is 19.0 Å². The highest BCUT2D eigenvalue weighted by Gasteiger charge is 2.12. The third-order valence-electron chi connectivity index (χ3n) is 4.06. The number of benzene rings is 3. The van der Waals surface area contributed by atoms with E-state index >= 15 is 0 Å². The Balaban J connectivity index is 1.76. The molecule has 0 bridgehead atoms. The molecule has 0 aliphatic rings. The summed E-state index contributed by atoms with van der Waals surface area (Å²) in [5, 5.41) is 3.45. The number of anilines is 1. The van der Waals surface area contributed by atoms with E-state index in [1.807, 2.05) is 24.3 Å². The molecule has 0 aromatic heterocycles. The maximum atomic E-state index is 12.6. The quantitative estimate of drug-likeness (QED) is 0.596. The number of nitrogens with one attached hydrogen (secondary N) is 1. The summed E-state index contributed by atoms with van der Waals surface area (Å²) in [6, 6.07) is 19.5. The Kier molecular flexibility index (Phi) is 6.40. The van der Waals surface area contributed by atoms with Crippen molar-refractivity contribution in [3.63, 3.8) is 0 Å². The van der Waals surface area contributed by atoms with Gasteiger partial charge in [-0.05, 0) is 48.5 Å². The largest absolute Gasteiger partial charge is 0.497 e. The summed E-state index contributed by atoms with van der Waals surface area (Å²) >= 11 is 5.98. The Morgan fingerprint density at radius 3 is 2.46 bits per heavy atom. The third kappa shape index (κ3) is 4.96. The fourth-order valence-electron chi connectivity index (χ4n) is 2.65. The number of halogens is 1. The van der Waals surface area contributed by atoms with Gasteiger partial charge in [0.25, 0.3) is 5.91 Å². The normalized spacial score (nSPS) is 10.2. The van der Waals surface area contributed by atoms with Crippen molar-refractivity contribution in [2.24, 2.45) is 0 Å². The van der Waals surface area contributed by atoms with E-state index in [0.29, 0.717) is 33.5 Å². The average molecular weight is 398 g/mol. The second-order valence-corrected chi connectivity index (χ2v) is 6.40. The van der Waals surface area contributed by atoms with Gasteiger partial charge >= 0.3 is 0 Å². The number of amides is 1. The molecule has 144 valence electrons. The molecule has 3 aromatic carbocycles. The van der Waals surface area contributed by atoms with Crippen LogP contribution in [-0.2, 0) is 6.61 Å².